The molecule has 24 heavy (non-hydrogen) atoms. The van der Waals surface area contributed by atoms with Gasteiger partial charge < -0.3 is 14.4 Å². The third-order valence-electron chi connectivity index (χ3n) is 3.84. The van der Waals surface area contributed by atoms with E-state index in [2.05, 4.69) is 5.10 Å². The molecule has 1 fully saturated rings. The van der Waals surface area contributed by atoms with Crippen LogP contribution in [-0.2, 0) is 9.47 Å². The lowest BCUT2D eigenvalue weighted by molar-refractivity contribution is -0.000786. The number of fused-ring (bicyclic) bond motifs is 1. The molecule has 0 saturated carbocycles. The summed E-state index contributed by atoms with van der Waals surface area (Å²) in [6.07, 6.45) is -0.352. The smallest absolute Gasteiger partial charge is 0.410 e. The molecule has 0 bridgehead atoms. The molecule has 0 radical (unpaired) electrons. The van der Waals surface area contributed by atoms with E-state index in [0.29, 0.717) is 18.8 Å². The van der Waals surface area contributed by atoms with Gasteiger partial charge in [-0.15, -0.1) is 0 Å². The van der Waals surface area contributed by atoms with E-state index >= 15 is 0 Å². The molecule has 3 rings (SSSR count). The van der Waals surface area contributed by atoms with E-state index in [9.17, 15) is 9.59 Å². The number of esters is 1. The molecule has 0 atom stereocenters. The van der Waals surface area contributed by atoms with Crippen LogP contribution in [0.1, 0.15) is 37.3 Å². The summed E-state index contributed by atoms with van der Waals surface area (Å²) in [5.74, 6) is -0.431. The Morgan fingerprint density at radius 3 is 2.50 bits per heavy atom. The van der Waals surface area contributed by atoms with E-state index in [0.717, 1.165) is 10.9 Å². The zero-order valence-corrected chi connectivity index (χ0v) is 14.3. The van der Waals surface area contributed by atoms with Gasteiger partial charge in [0.15, 0.2) is 5.69 Å². The number of benzene rings is 1. The maximum Gasteiger partial charge on any atom is 0.410 e. The van der Waals surface area contributed by atoms with Crippen LogP contribution in [0.25, 0.3) is 10.9 Å². The van der Waals surface area contributed by atoms with Crippen molar-refractivity contribution < 1.29 is 19.1 Å². The number of methoxy groups -OCH3 is 1. The fraction of sp³-hybridized carbons (Fsp3) is 0.471. The highest BCUT2D eigenvalue weighted by Gasteiger charge is 2.37. The number of rotatable bonds is 2. The van der Waals surface area contributed by atoms with Crippen LogP contribution in [0, 0.1) is 0 Å². The fourth-order valence-electron chi connectivity index (χ4n) is 2.70. The largest absolute Gasteiger partial charge is 0.464 e. The number of aromatic nitrogens is 2. The first-order valence-corrected chi connectivity index (χ1v) is 7.83. The summed E-state index contributed by atoms with van der Waals surface area (Å²) < 4.78 is 11.9. The van der Waals surface area contributed by atoms with Crippen molar-refractivity contribution in [3.8, 4) is 0 Å². The predicted octanol–water partition coefficient (Wildman–Crippen LogP) is 2.61. The van der Waals surface area contributed by atoms with E-state index in [1.165, 1.54) is 7.11 Å². The van der Waals surface area contributed by atoms with Crippen LogP contribution in [0.4, 0.5) is 4.79 Å². The van der Waals surface area contributed by atoms with E-state index in [1.54, 1.807) is 9.58 Å². The Morgan fingerprint density at radius 1 is 1.21 bits per heavy atom. The zero-order valence-electron chi connectivity index (χ0n) is 14.3. The molecule has 128 valence electrons. The van der Waals surface area contributed by atoms with Gasteiger partial charge in [-0.05, 0) is 26.8 Å². The first-order chi connectivity index (χ1) is 11.3. The summed E-state index contributed by atoms with van der Waals surface area (Å²) in [6.45, 7) is 6.40. The summed E-state index contributed by atoms with van der Waals surface area (Å²) in [7, 11) is 1.35. The summed E-state index contributed by atoms with van der Waals surface area (Å²) >= 11 is 0. The van der Waals surface area contributed by atoms with Crippen LogP contribution in [0.2, 0.25) is 0 Å². The molecule has 2 aromatic rings. The van der Waals surface area contributed by atoms with Crippen LogP contribution >= 0.6 is 0 Å². The minimum atomic E-state index is -0.528. The van der Waals surface area contributed by atoms with Crippen molar-refractivity contribution in [3.63, 3.8) is 0 Å². The third-order valence-corrected chi connectivity index (χ3v) is 3.84. The van der Waals surface area contributed by atoms with Crippen LogP contribution < -0.4 is 0 Å². The van der Waals surface area contributed by atoms with Crippen molar-refractivity contribution in [2.75, 3.05) is 20.2 Å². The Labute approximate surface area is 140 Å². The molecule has 1 aromatic heterocycles. The van der Waals surface area contributed by atoms with E-state index in [-0.39, 0.29) is 12.1 Å². The molecule has 0 unspecified atom stereocenters. The van der Waals surface area contributed by atoms with Crippen molar-refractivity contribution in [2.45, 2.75) is 32.4 Å². The lowest BCUT2D eigenvalue weighted by Crippen LogP contribution is -2.52. The molecule has 1 amide bonds. The number of ether oxygens (including phenoxy) is 2. The second-order valence-electron chi connectivity index (χ2n) is 6.84. The molecule has 1 aliphatic heterocycles. The Hall–Kier alpha value is -2.57. The number of carbonyl (C=O) groups is 2. The van der Waals surface area contributed by atoms with Gasteiger partial charge in [0.05, 0.1) is 18.7 Å². The summed E-state index contributed by atoms with van der Waals surface area (Å²) in [6, 6.07) is 7.35. The Morgan fingerprint density at radius 2 is 1.88 bits per heavy atom. The summed E-state index contributed by atoms with van der Waals surface area (Å²) in [4.78, 5) is 25.8. The summed E-state index contributed by atoms with van der Waals surface area (Å²) in [5.41, 5.74) is 0.621. The molecule has 0 N–H and O–H groups in total. The number of amides is 1. The lowest BCUT2D eigenvalue weighted by atomic mass is 10.1. The topological polar surface area (TPSA) is 73.7 Å². The molecular formula is C17H21N3O4. The second kappa shape index (κ2) is 5.81. The van der Waals surface area contributed by atoms with Gasteiger partial charge in [0.2, 0.25) is 0 Å². The zero-order chi connectivity index (χ0) is 17.5. The van der Waals surface area contributed by atoms with Gasteiger partial charge in [0.1, 0.15) is 5.60 Å². The highest BCUT2D eigenvalue weighted by atomic mass is 16.6. The number of hydrogen-bond donors (Lipinski definition) is 0. The number of hydrogen-bond acceptors (Lipinski definition) is 5. The monoisotopic (exact) mass is 331 g/mol. The lowest BCUT2D eigenvalue weighted by Gasteiger charge is -2.40. The Bertz CT molecular complexity index is 785. The maximum atomic E-state index is 12.2. The second-order valence-corrected chi connectivity index (χ2v) is 6.84. The summed E-state index contributed by atoms with van der Waals surface area (Å²) in [5, 5.41) is 5.26. The van der Waals surface area contributed by atoms with Crippen LogP contribution in [0.3, 0.4) is 0 Å². The molecule has 1 saturated heterocycles. The number of likely N-dealkylation sites (tertiary alicyclic amines) is 1. The molecule has 0 spiro atoms. The molecular weight excluding hydrogens is 310 g/mol. The van der Waals surface area contributed by atoms with Crippen LogP contribution in [0.5, 0.6) is 0 Å². The van der Waals surface area contributed by atoms with E-state index < -0.39 is 11.6 Å². The highest BCUT2D eigenvalue weighted by Crippen LogP contribution is 2.28. The average molecular weight is 331 g/mol. The van der Waals surface area contributed by atoms with Crippen molar-refractivity contribution in [3.05, 3.63) is 30.0 Å². The molecule has 0 aliphatic carbocycles. The normalized spacial score (nSPS) is 15.2. The SMILES string of the molecule is COC(=O)c1c2ccccc2nn1C1CN(C(=O)OC(C)(C)C)C1. The fourth-order valence-corrected chi connectivity index (χ4v) is 2.70. The minimum absolute atomic E-state index is 0.0704. The van der Waals surface area contributed by atoms with Gasteiger partial charge in [-0.1, -0.05) is 18.2 Å². The van der Waals surface area contributed by atoms with Gasteiger partial charge in [0.25, 0.3) is 0 Å². The van der Waals surface area contributed by atoms with Gasteiger partial charge in [0, 0.05) is 18.5 Å². The third kappa shape index (κ3) is 2.93. The first-order valence-electron chi connectivity index (χ1n) is 7.83. The predicted molar refractivity (Wildman–Crippen MR) is 87.9 cm³/mol. The highest BCUT2D eigenvalue weighted by molar-refractivity contribution is 6.02. The standard InChI is InChI=1S/C17H21N3O4/c1-17(2,3)24-16(22)19-9-11(10-19)20-14(15(21)23-4)12-7-5-6-8-13(12)18-20/h5-8,11H,9-10H2,1-4H3. The van der Waals surface area contributed by atoms with Crippen molar-refractivity contribution in [1.29, 1.82) is 0 Å². The van der Waals surface area contributed by atoms with Gasteiger partial charge >= 0.3 is 12.1 Å². The molecule has 1 aromatic carbocycles. The van der Waals surface area contributed by atoms with E-state index in [1.807, 2.05) is 45.0 Å². The quantitative estimate of drug-likeness (QED) is 0.791. The number of carbonyl (C=O) groups excluding carboxylic acids is 2. The first kappa shape index (κ1) is 16.3. The van der Waals surface area contributed by atoms with Crippen molar-refractivity contribution in [2.24, 2.45) is 0 Å². The van der Waals surface area contributed by atoms with Crippen LogP contribution in [0.15, 0.2) is 24.3 Å². The van der Waals surface area contributed by atoms with E-state index in [4.69, 9.17) is 9.47 Å². The van der Waals surface area contributed by atoms with Crippen LogP contribution in [-0.4, -0.2) is 52.5 Å². The van der Waals surface area contributed by atoms with Crippen molar-refractivity contribution >= 4 is 23.0 Å². The average Bonchev–Trinajstić information content (AvgIpc) is 2.81. The Balaban J connectivity index is 1.82. The molecule has 1 aliphatic rings. The molecule has 7 heteroatoms. The minimum Gasteiger partial charge on any atom is -0.464 e. The number of nitrogens with zero attached hydrogens (tertiary/aromatic N) is 3. The van der Waals surface area contributed by atoms with Crippen molar-refractivity contribution in [1.82, 2.24) is 14.7 Å². The molecule has 2 heterocycles. The van der Waals surface area contributed by atoms with Gasteiger partial charge in [-0.2, -0.15) is 5.10 Å². The van der Waals surface area contributed by atoms with Gasteiger partial charge in [-0.25, -0.2) is 9.59 Å². The van der Waals surface area contributed by atoms with Gasteiger partial charge in [-0.3, -0.25) is 4.68 Å². The Kier molecular flexibility index (Phi) is 3.95. The maximum absolute atomic E-state index is 12.2. The molecule has 7 nitrogen and oxygen atoms in total.